The Labute approximate surface area is 143 Å². The fraction of sp³-hybridized carbons (Fsp3) is 0.667. The molecule has 2 amide bonds. The van der Waals surface area contributed by atoms with Gasteiger partial charge >= 0.3 is 0 Å². The van der Waals surface area contributed by atoms with Gasteiger partial charge in [0.15, 0.2) is 0 Å². The second-order valence-electron chi connectivity index (χ2n) is 7.09. The first kappa shape index (κ1) is 17.0. The molecule has 3 rings (SSSR count). The number of furan rings is 1. The highest BCUT2D eigenvalue weighted by atomic mass is 16.3. The van der Waals surface area contributed by atoms with Crippen LogP contribution in [-0.4, -0.2) is 54.3 Å². The molecule has 0 aliphatic carbocycles. The molecule has 2 saturated heterocycles. The highest BCUT2D eigenvalue weighted by molar-refractivity contribution is 5.89. The van der Waals surface area contributed by atoms with Crippen LogP contribution < -0.4 is 5.32 Å². The monoisotopic (exact) mass is 333 g/mol. The third-order valence-corrected chi connectivity index (χ3v) is 4.98. The molecular formula is C18H27N3O3. The zero-order valence-corrected chi connectivity index (χ0v) is 14.4. The van der Waals surface area contributed by atoms with Gasteiger partial charge in [0.2, 0.25) is 11.8 Å². The van der Waals surface area contributed by atoms with Gasteiger partial charge in [-0.2, -0.15) is 0 Å². The van der Waals surface area contributed by atoms with Gasteiger partial charge < -0.3 is 19.5 Å². The number of likely N-dealkylation sites (tertiary alicyclic amines) is 2. The summed E-state index contributed by atoms with van der Waals surface area (Å²) in [6, 6.07) is 3.65. The van der Waals surface area contributed by atoms with Gasteiger partial charge in [0.05, 0.1) is 18.7 Å². The lowest BCUT2D eigenvalue weighted by molar-refractivity contribution is -0.129. The molecule has 2 atom stereocenters. The van der Waals surface area contributed by atoms with Gasteiger partial charge in [-0.1, -0.05) is 6.92 Å². The summed E-state index contributed by atoms with van der Waals surface area (Å²) < 4.78 is 5.28. The lowest BCUT2D eigenvalue weighted by atomic mass is 10.0. The standard InChI is InChI=1S/C18H27N3O3/c1-14-4-2-7-20(11-14)8-6-19-18(23)15-10-17(22)21(12-15)13-16-5-3-9-24-16/h3,5,9,14-15H,2,4,6-8,10-13H2,1H3,(H,19,23)/t14-,15-/m1/s1. The summed E-state index contributed by atoms with van der Waals surface area (Å²) >= 11 is 0. The van der Waals surface area contributed by atoms with Gasteiger partial charge in [0.1, 0.15) is 5.76 Å². The van der Waals surface area contributed by atoms with E-state index < -0.39 is 0 Å². The van der Waals surface area contributed by atoms with Crippen LogP contribution >= 0.6 is 0 Å². The van der Waals surface area contributed by atoms with E-state index in [1.807, 2.05) is 12.1 Å². The van der Waals surface area contributed by atoms with Crippen molar-refractivity contribution in [3.8, 4) is 0 Å². The van der Waals surface area contributed by atoms with E-state index in [4.69, 9.17) is 4.42 Å². The molecule has 0 aromatic carbocycles. The third-order valence-electron chi connectivity index (χ3n) is 4.98. The third kappa shape index (κ3) is 4.38. The summed E-state index contributed by atoms with van der Waals surface area (Å²) in [7, 11) is 0. The van der Waals surface area contributed by atoms with Gasteiger partial charge in [-0.3, -0.25) is 9.59 Å². The predicted molar refractivity (Wildman–Crippen MR) is 90.1 cm³/mol. The van der Waals surface area contributed by atoms with Crippen molar-refractivity contribution in [1.82, 2.24) is 15.1 Å². The molecular weight excluding hydrogens is 306 g/mol. The first-order valence-electron chi connectivity index (χ1n) is 8.92. The predicted octanol–water partition coefficient (Wildman–Crippen LogP) is 1.48. The lowest BCUT2D eigenvalue weighted by Crippen LogP contribution is -2.41. The van der Waals surface area contributed by atoms with Crippen LogP contribution in [-0.2, 0) is 16.1 Å². The molecule has 0 bridgehead atoms. The molecule has 0 spiro atoms. The Morgan fingerprint density at radius 1 is 1.42 bits per heavy atom. The van der Waals surface area contributed by atoms with Crippen molar-refractivity contribution in [3.05, 3.63) is 24.2 Å². The van der Waals surface area contributed by atoms with Gasteiger partial charge in [0.25, 0.3) is 0 Å². The molecule has 1 aromatic heterocycles. The Hall–Kier alpha value is -1.82. The molecule has 0 saturated carbocycles. The number of nitrogens with zero attached hydrogens (tertiary/aromatic N) is 2. The van der Waals surface area contributed by atoms with E-state index in [0.29, 0.717) is 26.1 Å². The van der Waals surface area contributed by atoms with Crippen molar-refractivity contribution >= 4 is 11.8 Å². The average Bonchev–Trinajstić information content (AvgIpc) is 3.18. The van der Waals surface area contributed by atoms with Crippen LogP contribution in [0.15, 0.2) is 22.8 Å². The SMILES string of the molecule is C[C@@H]1CCCN(CCNC(=O)[C@@H]2CC(=O)N(Cc3ccco3)C2)C1. The fourth-order valence-corrected chi connectivity index (χ4v) is 3.66. The Bertz CT molecular complexity index is 558. The highest BCUT2D eigenvalue weighted by Gasteiger charge is 2.34. The molecule has 3 heterocycles. The molecule has 132 valence electrons. The van der Waals surface area contributed by atoms with Crippen molar-refractivity contribution in [2.45, 2.75) is 32.7 Å². The van der Waals surface area contributed by atoms with Crippen LogP contribution in [0.25, 0.3) is 0 Å². The number of hydrogen-bond acceptors (Lipinski definition) is 4. The number of rotatable bonds is 6. The first-order valence-corrected chi connectivity index (χ1v) is 8.92. The fourth-order valence-electron chi connectivity index (χ4n) is 3.66. The van der Waals surface area contributed by atoms with Gasteiger partial charge in [-0.05, 0) is 37.4 Å². The second-order valence-corrected chi connectivity index (χ2v) is 7.09. The van der Waals surface area contributed by atoms with Crippen LogP contribution in [0.4, 0.5) is 0 Å². The van der Waals surface area contributed by atoms with Crippen LogP contribution in [0.3, 0.4) is 0 Å². The van der Waals surface area contributed by atoms with E-state index in [9.17, 15) is 9.59 Å². The topological polar surface area (TPSA) is 65.8 Å². The number of hydrogen-bond donors (Lipinski definition) is 1. The Balaban J connectivity index is 1.40. The molecule has 2 aliphatic rings. The normalized spacial score (nSPS) is 25.2. The summed E-state index contributed by atoms with van der Waals surface area (Å²) in [5, 5.41) is 3.00. The summed E-state index contributed by atoms with van der Waals surface area (Å²) in [4.78, 5) is 28.5. The Morgan fingerprint density at radius 3 is 3.04 bits per heavy atom. The Morgan fingerprint density at radius 2 is 2.29 bits per heavy atom. The largest absolute Gasteiger partial charge is 0.467 e. The van der Waals surface area contributed by atoms with Crippen LogP contribution in [0.5, 0.6) is 0 Å². The van der Waals surface area contributed by atoms with Gasteiger partial charge in [-0.15, -0.1) is 0 Å². The van der Waals surface area contributed by atoms with Crippen molar-refractivity contribution < 1.29 is 14.0 Å². The Kier molecular flexibility index (Phi) is 5.56. The molecule has 0 unspecified atom stereocenters. The van der Waals surface area contributed by atoms with Crippen LogP contribution in [0, 0.1) is 11.8 Å². The smallest absolute Gasteiger partial charge is 0.225 e. The van der Waals surface area contributed by atoms with Crippen molar-refractivity contribution in [2.75, 3.05) is 32.7 Å². The summed E-state index contributed by atoms with van der Waals surface area (Å²) in [6.45, 7) is 7.00. The minimum Gasteiger partial charge on any atom is -0.467 e. The minimum absolute atomic E-state index is 0.00430. The van der Waals surface area contributed by atoms with Gasteiger partial charge in [0, 0.05) is 32.6 Å². The minimum atomic E-state index is -0.243. The quantitative estimate of drug-likeness (QED) is 0.856. The van der Waals surface area contributed by atoms with Crippen LogP contribution in [0.1, 0.15) is 31.9 Å². The van der Waals surface area contributed by atoms with E-state index in [1.54, 1.807) is 11.2 Å². The summed E-state index contributed by atoms with van der Waals surface area (Å²) in [5.41, 5.74) is 0. The molecule has 0 radical (unpaired) electrons. The maximum atomic E-state index is 12.3. The second kappa shape index (κ2) is 7.83. The summed E-state index contributed by atoms with van der Waals surface area (Å²) in [5.74, 6) is 1.28. The molecule has 6 nitrogen and oxygen atoms in total. The van der Waals surface area contributed by atoms with E-state index in [-0.39, 0.29) is 17.7 Å². The van der Waals surface area contributed by atoms with Crippen molar-refractivity contribution in [2.24, 2.45) is 11.8 Å². The number of piperidine rings is 1. The molecule has 1 aromatic rings. The van der Waals surface area contributed by atoms with E-state index in [1.165, 1.54) is 12.8 Å². The summed E-state index contributed by atoms with van der Waals surface area (Å²) in [6.07, 6.45) is 4.45. The highest BCUT2D eigenvalue weighted by Crippen LogP contribution is 2.20. The van der Waals surface area contributed by atoms with E-state index >= 15 is 0 Å². The molecule has 2 fully saturated rings. The number of amides is 2. The van der Waals surface area contributed by atoms with Crippen LogP contribution in [0.2, 0.25) is 0 Å². The maximum absolute atomic E-state index is 12.3. The number of nitrogens with one attached hydrogen (secondary N) is 1. The zero-order valence-electron chi connectivity index (χ0n) is 14.4. The lowest BCUT2D eigenvalue weighted by Gasteiger charge is -2.30. The molecule has 24 heavy (non-hydrogen) atoms. The first-order chi connectivity index (χ1) is 11.6. The number of carbonyl (C=O) groups excluding carboxylic acids is 2. The molecule has 2 aliphatic heterocycles. The van der Waals surface area contributed by atoms with Crippen molar-refractivity contribution in [1.29, 1.82) is 0 Å². The van der Waals surface area contributed by atoms with E-state index in [2.05, 4.69) is 17.1 Å². The zero-order chi connectivity index (χ0) is 16.9. The average molecular weight is 333 g/mol. The molecule has 6 heteroatoms. The number of carbonyl (C=O) groups is 2. The van der Waals surface area contributed by atoms with Crippen molar-refractivity contribution in [3.63, 3.8) is 0 Å². The van der Waals surface area contributed by atoms with Gasteiger partial charge in [-0.25, -0.2) is 0 Å². The molecule has 1 N–H and O–H groups in total. The maximum Gasteiger partial charge on any atom is 0.225 e. The van der Waals surface area contributed by atoms with E-state index in [0.717, 1.165) is 31.3 Å².